The minimum absolute atomic E-state index is 0.0455. The Labute approximate surface area is 109 Å². The number of amides is 1. The molecule has 1 N–H and O–H groups in total. The van der Waals surface area contributed by atoms with Gasteiger partial charge in [0.05, 0.1) is 0 Å². The normalized spacial score (nSPS) is 17.9. The van der Waals surface area contributed by atoms with Crippen molar-refractivity contribution in [3.05, 3.63) is 0 Å². The lowest BCUT2D eigenvalue weighted by molar-refractivity contribution is -0.135. The van der Waals surface area contributed by atoms with Gasteiger partial charge in [0.1, 0.15) is 6.61 Å². The van der Waals surface area contributed by atoms with Gasteiger partial charge in [-0.3, -0.25) is 9.59 Å². The van der Waals surface area contributed by atoms with Gasteiger partial charge >= 0.3 is 0 Å². The van der Waals surface area contributed by atoms with Crippen LogP contribution in [-0.4, -0.2) is 41.4 Å². The summed E-state index contributed by atoms with van der Waals surface area (Å²) in [4.78, 5) is 24.7. The van der Waals surface area contributed by atoms with Gasteiger partial charge in [-0.1, -0.05) is 20.8 Å². The Hall–Kier alpha value is -0.900. The molecule has 1 fully saturated rings. The number of aliphatic hydroxyl groups is 1. The van der Waals surface area contributed by atoms with Crippen LogP contribution in [0.3, 0.4) is 0 Å². The van der Waals surface area contributed by atoms with Crippen LogP contribution < -0.4 is 0 Å². The first-order valence-electron chi connectivity index (χ1n) is 6.75. The summed E-state index contributed by atoms with van der Waals surface area (Å²) in [5.74, 6) is 0.456. The SMILES string of the molecule is CC(C)(C)C1CCN(C(=O)CCC(=O)CO)CC1. The summed E-state index contributed by atoms with van der Waals surface area (Å²) in [6.45, 7) is 7.88. The summed E-state index contributed by atoms with van der Waals surface area (Å²) in [5.41, 5.74) is 0.308. The highest BCUT2D eigenvalue weighted by molar-refractivity contribution is 5.85. The Kier molecular flexibility index (Phi) is 5.32. The molecule has 1 saturated heterocycles. The number of carbonyl (C=O) groups excluding carboxylic acids is 2. The molecular formula is C14H25NO3. The maximum Gasteiger partial charge on any atom is 0.223 e. The molecule has 104 valence electrons. The topological polar surface area (TPSA) is 57.6 Å². The number of hydrogen-bond acceptors (Lipinski definition) is 3. The monoisotopic (exact) mass is 255 g/mol. The predicted molar refractivity (Wildman–Crippen MR) is 70.1 cm³/mol. The Morgan fingerprint density at radius 1 is 1.17 bits per heavy atom. The van der Waals surface area contributed by atoms with Gasteiger partial charge < -0.3 is 10.0 Å². The van der Waals surface area contributed by atoms with E-state index in [0.717, 1.165) is 25.9 Å². The summed E-state index contributed by atoms with van der Waals surface area (Å²) in [7, 11) is 0. The van der Waals surface area contributed by atoms with Gasteiger partial charge in [-0.15, -0.1) is 0 Å². The van der Waals surface area contributed by atoms with E-state index in [2.05, 4.69) is 20.8 Å². The number of hydrogen-bond donors (Lipinski definition) is 1. The van der Waals surface area contributed by atoms with E-state index in [1.165, 1.54) is 0 Å². The van der Waals surface area contributed by atoms with Crippen LogP contribution in [0.2, 0.25) is 0 Å². The Morgan fingerprint density at radius 2 is 1.72 bits per heavy atom. The Bertz CT molecular complexity index is 299. The van der Waals surface area contributed by atoms with Gasteiger partial charge in [0.25, 0.3) is 0 Å². The summed E-state index contributed by atoms with van der Waals surface area (Å²) >= 11 is 0. The Balaban J connectivity index is 2.34. The zero-order valence-electron chi connectivity index (χ0n) is 11.7. The van der Waals surface area contributed by atoms with E-state index in [1.807, 2.05) is 4.90 Å². The third-order valence-electron chi connectivity index (χ3n) is 3.87. The third-order valence-corrected chi connectivity index (χ3v) is 3.87. The molecule has 0 aromatic carbocycles. The number of carbonyl (C=O) groups is 2. The minimum atomic E-state index is -0.459. The van der Waals surface area contributed by atoms with Crippen LogP contribution in [0.25, 0.3) is 0 Å². The second-order valence-electron chi connectivity index (χ2n) is 6.22. The van der Waals surface area contributed by atoms with Crippen molar-refractivity contribution >= 4 is 11.7 Å². The van der Waals surface area contributed by atoms with E-state index < -0.39 is 6.61 Å². The number of aliphatic hydroxyl groups excluding tert-OH is 1. The molecule has 18 heavy (non-hydrogen) atoms. The number of ketones is 1. The summed E-state index contributed by atoms with van der Waals surface area (Å²) in [6, 6.07) is 0. The van der Waals surface area contributed by atoms with Gasteiger partial charge in [0.15, 0.2) is 5.78 Å². The molecule has 0 aromatic heterocycles. The largest absolute Gasteiger partial charge is 0.389 e. The second kappa shape index (κ2) is 6.32. The second-order valence-corrected chi connectivity index (χ2v) is 6.22. The molecule has 0 bridgehead atoms. The standard InChI is InChI=1S/C14H25NO3/c1-14(2,3)11-6-8-15(9-7-11)13(18)5-4-12(17)10-16/h11,16H,4-10H2,1-3H3. The molecule has 0 saturated carbocycles. The lowest BCUT2D eigenvalue weighted by Crippen LogP contribution is -2.41. The van der Waals surface area contributed by atoms with Crippen molar-refractivity contribution in [2.24, 2.45) is 11.3 Å². The van der Waals surface area contributed by atoms with Crippen LogP contribution in [0.15, 0.2) is 0 Å². The van der Waals surface area contributed by atoms with E-state index in [-0.39, 0.29) is 24.5 Å². The van der Waals surface area contributed by atoms with Crippen LogP contribution in [0.4, 0.5) is 0 Å². The van der Waals surface area contributed by atoms with Crippen molar-refractivity contribution < 1.29 is 14.7 Å². The lowest BCUT2D eigenvalue weighted by atomic mass is 9.75. The number of rotatable bonds is 4. The summed E-state index contributed by atoms with van der Waals surface area (Å²) in [5, 5.41) is 8.61. The van der Waals surface area contributed by atoms with Gasteiger partial charge in [-0.25, -0.2) is 0 Å². The van der Waals surface area contributed by atoms with Crippen molar-refractivity contribution in [2.75, 3.05) is 19.7 Å². The first kappa shape index (κ1) is 15.2. The van der Waals surface area contributed by atoms with Crippen molar-refractivity contribution in [1.82, 2.24) is 4.90 Å². The first-order valence-corrected chi connectivity index (χ1v) is 6.75. The quantitative estimate of drug-likeness (QED) is 0.830. The van der Waals surface area contributed by atoms with Crippen molar-refractivity contribution in [2.45, 2.75) is 46.5 Å². The smallest absolute Gasteiger partial charge is 0.223 e. The van der Waals surface area contributed by atoms with Crippen LogP contribution in [0.5, 0.6) is 0 Å². The highest BCUT2D eigenvalue weighted by atomic mass is 16.3. The zero-order valence-corrected chi connectivity index (χ0v) is 11.7. The molecule has 1 aliphatic heterocycles. The van der Waals surface area contributed by atoms with Crippen LogP contribution in [-0.2, 0) is 9.59 Å². The summed E-state index contributed by atoms with van der Waals surface area (Å²) in [6.07, 6.45) is 2.49. The molecule has 0 unspecified atom stereocenters. The van der Waals surface area contributed by atoms with E-state index in [1.54, 1.807) is 0 Å². The van der Waals surface area contributed by atoms with Crippen molar-refractivity contribution in [3.63, 3.8) is 0 Å². The zero-order chi connectivity index (χ0) is 13.8. The van der Waals surface area contributed by atoms with Crippen LogP contribution >= 0.6 is 0 Å². The molecule has 4 heteroatoms. The Morgan fingerprint density at radius 3 is 2.17 bits per heavy atom. The molecule has 0 spiro atoms. The number of nitrogens with zero attached hydrogens (tertiary/aromatic N) is 1. The van der Waals surface area contributed by atoms with E-state index in [0.29, 0.717) is 11.3 Å². The van der Waals surface area contributed by atoms with Crippen molar-refractivity contribution in [1.29, 1.82) is 0 Å². The molecule has 1 heterocycles. The van der Waals surface area contributed by atoms with Crippen molar-refractivity contribution in [3.8, 4) is 0 Å². The molecular weight excluding hydrogens is 230 g/mol. The van der Waals surface area contributed by atoms with Gasteiger partial charge in [-0.2, -0.15) is 0 Å². The average Bonchev–Trinajstić information content (AvgIpc) is 2.34. The molecule has 1 rings (SSSR count). The number of Topliss-reactive ketones (excluding diaryl/α,β-unsaturated/α-hetero) is 1. The molecule has 4 nitrogen and oxygen atoms in total. The maximum absolute atomic E-state index is 11.9. The van der Waals surface area contributed by atoms with Crippen LogP contribution in [0, 0.1) is 11.3 Å². The van der Waals surface area contributed by atoms with E-state index in [4.69, 9.17) is 5.11 Å². The number of likely N-dealkylation sites (tertiary alicyclic amines) is 1. The predicted octanol–water partition coefficient (Wildman–Crippen LogP) is 1.61. The van der Waals surface area contributed by atoms with Crippen LogP contribution in [0.1, 0.15) is 46.5 Å². The number of piperidine rings is 1. The highest BCUT2D eigenvalue weighted by Crippen LogP contribution is 2.34. The molecule has 0 radical (unpaired) electrons. The molecule has 0 atom stereocenters. The highest BCUT2D eigenvalue weighted by Gasteiger charge is 2.30. The van der Waals surface area contributed by atoms with E-state index in [9.17, 15) is 9.59 Å². The van der Waals surface area contributed by atoms with Gasteiger partial charge in [-0.05, 0) is 24.2 Å². The molecule has 0 aromatic rings. The van der Waals surface area contributed by atoms with Gasteiger partial charge in [0.2, 0.25) is 5.91 Å². The lowest BCUT2D eigenvalue weighted by Gasteiger charge is -2.38. The summed E-state index contributed by atoms with van der Waals surface area (Å²) < 4.78 is 0. The fourth-order valence-electron chi connectivity index (χ4n) is 2.48. The molecule has 1 amide bonds. The molecule has 1 aliphatic rings. The maximum atomic E-state index is 11.9. The average molecular weight is 255 g/mol. The van der Waals surface area contributed by atoms with Gasteiger partial charge in [0, 0.05) is 25.9 Å². The minimum Gasteiger partial charge on any atom is -0.389 e. The fraction of sp³-hybridized carbons (Fsp3) is 0.857. The molecule has 0 aliphatic carbocycles. The van der Waals surface area contributed by atoms with E-state index >= 15 is 0 Å². The third kappa shape index (κ3) is 4.41. The fourth-order valence-corrected chi connectivity index (χ4v) is 2.48. The first-order chi connectivity index (χ1) is 8.34.